The molecule has 0 spiro atoms. The maximum atomic E-state index is 7.22. The van der Waals surface area contributed by atoms with Gasteiger partial charge in [0.15, 0.2) is 0 Å². The van der Waals surface area contributed by atoms with Crippen molar-refractivity contribution in [2.45, 2.75) is 73.5 Å². The molecule has 0 bridgehead atoms. The van der Waals surface area contributed by atoms with E-state index in [9.17, 15) is 0 Å². The van der Waals surface area contributed by atoms with E-state index < -0.39 is 0 Å². The summed E-state index contributed by atoms with van der Waals surface area (Å²) in [5, 5.41) is 2.16. The SMILES string of the molecule is CC(CC(/C=C/C1=C(Cl)C(=C\C=C2CC(c3ccccc3)SC(c3ccccc3)C2)/CCC1)CC([SH2+])c1ccccc1)c1ccccc1. The summed E-state index contributed by atoms with van der Waals surface area (Å²) in [5.74, 6) is 0.891. The molecule has 0 nitrogen and oxygen atoms in total. The normalized spacial score (nSPS) is 21.3. The number of allylic oxidation sites excluding steroid dienone is 8. The molecule has 0 radical (unpaired) electrons. The van der Waals surface area contributed by atoms with E-state index in [1.807, 2.05) is 0 Å². The summed E-state index contributed by atoms with van der Waals surface area (Å²) < 4.78 is 0. The Hall–Kier alpha value is -3.17. The Bertz CT molecular complexity index is 1610. The third kappa shape index (κ3) is 9.50. The van der Waals surface area contributed by atoms with Crippen LogP contribution < -0.4 is 0 Å². The van der Waals surface area contributed by atoms with Gasteiger partial charge in [0.2, 0.25) is 0 Å². The molecular formula is C45H48ClS2+. The Labute approximate surface area is 303 Å². The van der Waals surface area contributed by atoms with Gasteiger partial charge in [-0.3, -0.25) is 0 Å². The number of hydrogen-bond donors (Lipinski definition) is 0. The van der Waals surface area contributed by atoms with Crippen molar-refractivity contribution in [1.82, 2.24) is 0 Å². The molecule has 0 amide bonds. The molecular weight excluding hydrogens is 640 g/mol. The molecule has 246 valence electrons. The van der Waals surface area contributed by atoms with E-state index in [0.717, 1.165) is 50.0 Å². The van der Waals surface area contributed by atoms with Crippen molar-refractivity contribution < 1.29 is 0 Å². The lowest BCUT2D eigenvalue weighted by molar-refractivity contribution is 0.493. The molecule has 5 unspecified atom stereocenters. The second kappa shape index (κ2) is 17.5. The van der Waals surface area contributed by atoms with E-state index in [1.165, 1.54) is 39.0 Å². The monoisotopic (exact) mass is 687 g/mol. The highest BCUT2D eigenvalue weighted by atomic mass is 35.5. The quantitative estimate of drug-likeness (QED) is 0.141. The van der Waals surface area contributed by atoms with Gasteiger partial charge in [-0.2, -0.15) is 0 Å². The first-order valence-electron chi connectivity index (χ1n) is 17.6. The summed E-state index contributed by atoms with van der Waals surface area (Å²) in [6, 6.07) is 43.8. The number of rotatable bonds is 11. The van der Waals surface area contributed by atoms with E-state index in [0.29, 0.717) is 27.6 Å². The van der Waals surface area contributed by atoms with Gasteiger partial charge >= 0.3 is 0 Å². The smallest absolute Gasteiger partial charge is 0.139 e. The zero-order valence-electron chi connectivity index (χ0n) is 28.0. The molecule has 6 rings (SSSR count). The van der Waals surface area contributed by atoms with Crippen LogP contribution in [0.25, 0.3) is 0 Å². The van der Waals surface area contributed by atoms with E-state index >= 15 is 0 Å². The highest BCUT2D eigenvalue weighted by molar-refractivity contribution is 7.99. The minimum atomic E-state index is 0.301. The van der Waals surface area contributed by atoms with Gasteiger partial charge in [0.25, 0.3) is 0 Å². The predicted molar refractivity (Wildman–Crippen MR) is 214 cm³/mol. The first-order chi connectivity index (χ1) is 23.5. The van der Waals surface area contributed by atoms with Gasteiger partial charge in [-0.05, 0) is 90.8 Å². The van der Waals surface area contributed by atoms with Crippen molar-refractivity contribution in [2.75, 3.05) is 0 Å². The molecule has 0 aromatic heterocycles. The number of halogens is 1. The lowest BCUT2D eigenvalue weighted by Gasteiger charge is -2.31. The van der Waals surface area contributed by atoms with Crippen molar-refractivity contribution in [3.63, 3.8) is 0 Å². The Morgan fingerprint density at radius 2 is 1.25 bits per heavy atom. The third-order valence-corrected chi connectivity index (χ3v) is 12.5. The van der Waals surface area contributed by atoms with Crippen LogP contribution in [0.2, 0.25) is 0 Å². The zero-order chi connectivity index (χ0) is 33.1. The molecule has 1 heterocycles. The summed E-state index contributed by atoms with van der Waals surface area (Å²) in [7, 11) is 0. The van der Waals surface area contributed by atoms with Crippen LogP contribution in [-0.4, -0.2) is 0 Å². The van der Waals surface area contributed by atoms with Crippen LogP contribution in [0.15, 0.2) is 167 Å². The third-order valence-electron chi connectivity index (χ3n) is 9.88. The van der Waals surface area contributed by atoms with Crippen LogP contribution in [0.5, 0.6) is 0 Å². The molecule has 5 atom stereocenters. The summed E-state index contributed by atoms with van der Waals surface area (Å²) >= 11 is 13.4. The van der Waals surface area contributed by atoms with Crippen LogP contribution in [0.1, 0.15) is 95.8 Å². The Balaban J connectivity index is 1.22. The molecule has 0 N–H and O–H groups in total. The lowest BCUT2D eigenvalue weighted by Crippen LogP contribution is -2.10. The summed E-state index contributed by atoms with van der Waals surface area (Å²) in [6.45, 7) is 2.36. The Morgan fingerprint density at radius 3 is 1.83 bits per heavy atom. The van der Waals surface area contributed by atoms with Crippen molar-refractivity contribution in [3.05, 3.63) is 190 Å². The minimum Gasteiger partial charge on any atom is -0.145 e. The minimum absolute atomic E-state index is 0.301. The molecule has 1 saturated heterocycles. The molecule has 1 fully saturated rings. The van der Waals surface area contributed by atoms with Gasteiger partial charge in [-0.15, -0.1) is 11.8 Å². The summed E-state index contributed by atoms with van der Waals surface area (Å²) in [5.41, 5.74) is 9.63. The van der Waals surface area contributed by atoms with Crippen LogP contribution in [-0.2, 0) is 12.6 Å². The zero-order valence-corrected chi connectivity index (χ0v) is 30.6. The van der Waals surface area contributed by atoms with Gasteiger partial charge in [0, 0.05) is 27.5 Å². The topological polar surface area (TPSA) is 0 Å². The average Bonchev–Trinajstić information content (AvgIpc) is 3.15. The first-order valence-corrected chi connectivity index (χ1v) is 19.5. The Kier molecular flexibility index (Phi) is 12.6. The number of hydrogen-bond acceptors (Lipinski definition) is 1. The van der Waals surface area contributed by atoms with Crippen LogP contribution in [0, 0.1) is 5.92 Å². The highest BCUT2D eigenvalue weighted by Crippen LogP contribution is 2.52. The van der Waals surface area contributed by atoms with E-state index in [1.54, 1.807) is 0 Å². The first kappa shape index (κ1) is 34.7. The van der Waals surface area contributed by atoms with Crippen LogP contribution >= 0.6 is 23.4 Å². The molecule has 1 aliphatic carbocycles. The van der Waals surface area contributed by atoms with Gasteiger partial charge in [-0.1, -0.05) is 170 Å². The van der Waals surface area contributed by atoms with Crippen LogP contribution in [0.3, 0.4) is 0 Å². The molecule has 4 aromatic rings. The maximum Gasteiger partial charge on any atom is 0.139 e. The van der Waals surface area contributed by atoms with E-state index in [-0.39, 0.29) is 0 Å². The van der Waals surface area contributed by atoms with Gasteiger partial charge in [0.05, 0.1) is 0 Å². The molecule has 48 heavy (non-hydrogen) atoms. The van der Waals surface area contributed by atoms with Gasteiger partial charge in [-0.25, -0.2) is 0 Å². The molecule has 2 aliphatic rings. The molecule has 1 aliphatic heterocycles. The van der Waals surface area contributed by atoms with Gasteiger partial charge < -0.3 is 0 Å². The molecule has 0 saturated carbocycles. The molecule has 3 heteroatoms. The number of thioether (sulfide) groups is 1. The largest absolute Gasteiger partial charge is 0.145 e. The van der Waals surface area contributed by atoms with Gasteiger partial charge in [0.1, 0.15) is 5.25 Å². The standard InChI is InChI=1S/C45H47ClS2/c1-33(36-15-6-2-7-16-36)29-34(30-42(47)37-17-8-3-9-18-37)25-27-40-23-14-24-41(45(40)46)28-26-35-31-43(38-19-10-4-11-20-38)48-44(32-35)39-21-12-5-13-22-39/h2-13,15-22,25-28,33-34,42-44,47H,14,23-24,29-32H2,1H3/p+1/b27-25+,35-26?,41-28-. The van der Waals surface area contributed by atoms with Crippen molar-refractivity contribution >= 4 is 36.0 Å². The summed E-state index contributed by atoms with van der Waals surface area (Å²) in [6.07, 6.45) is 17.0. The second-order valence-electron chi connectivity index (χ2n) is 13.4. The van der Waals surface area contributed by atoms with Crippen molar-refractivity contribution in [3.8, 4) is 0 Å². The number of benzene rings is 4. The van der Waals surface area contributed by atoms with E-state index in [4.69, 9.17) is 11.6 Å². The van der Waals surface area contributed by atoms with Crippen molar-refractivity contribution in [1.29, 1.82) is 0 Å². The maximum absolute atomic E-state index is 7.22. The van der Waals surface area contributed by atoms with Crippen LogP contribution in [0.4, 0.5) is 0 Å². The fourth-order valence-corrected chi connectivity index (χ4v) is 9.60. The fraction of sp³-hybridized carbons (Fsp3) is 0.289. The highest BCUT2D eigenvalue weighted by Gasteiger charge is 2.28. The second-order valence-corrected chi connectivity index (χ2v) is 15.9. The van der Waals surface area contributed by atoms with E-state index in [2.05, 4.69) is 177 Å². The lowest BCUT2D eigenvalue weighted by atomic mass is 9.85. The molecule has 4 aromatic carbocycles. The predicted octanol–water partition coefficient (Wildman–Crippen LogP) is 13.0. The summed E-state index contributed by atoms with van der Waals surface area (Å²) in [4.78, 5) is 0. The van der Waals surface area contributed by atoms with Crippen molar-refractivity contribution in [2.24, 2.45) is 5.92 Å². The fourth-order valence-electron chi connectivity index (χ4n) is 7.15. The Morgan fingerprint density at radius 1 is 0.708 bits per heavy atom. The average molecular weight is 688 g/mol.